The summed E-state index contributed by atoms with van der Waals surface area (Å²) in [5.74, 6) is 0.920. The van der Waals surface area contributed by atoms with Crippen LogP contribution in [0.5, 0.6) is 0 Å². The van der Waals surface area contributed by atoms with E-state index in [-0.39, 0.29) is 6.10 Å². The van der Waals surface area contributed by atoms with Crippen LogP contribution >= 0.6 is 0 Å². The first-order valence-electron chi connectivity index (χ1n) is 6.51. The molecule has 1 rings (SSSR count). The van der Waals surface area contributed by atoms with Crippen LogP contribution < -0.4 is 0 Å². The summed E-state index contributed by atoms with van der Waals surface area (Å²) in [6.45, 7) is 2.15. The second-order valence-electron chi connectivity index (χ2n) is 4.88. The van der Waals surface area contributed by atoms with Crippen LogP contribution in [-0.4, -0.2) is 11.2 Å². The first-order valence-corrected chi connectivity index (χ1v) is 6.51. The molecule has 1 heteroatoms. The lowest BCUT2D eigenvalue weighted by Gasteiger charge is -2.16. The predicted molar refractivity (Wildman–Crippen MR) is 61.3 cm³/mol. The molecule has 0 saturated heterocycles. The van der Waals surface area contributed by atoms with Gasteiger partial charge in [0.25, 0.3) is 0 Å². The summed E-state index contributed by atoms with van der Waals surface area (Å²) in [5.41, 5.74) is 0. The summed E-state index contributed by atoms with van der Waals surface area (Å²) in [5, 5.41) is 9.65. The van der Waals surface area contributed by atoms with E-state index in [2.05, 4.69) is 6.92 Å². The Bertz CT molecular complexity index is 125. The van der Waals surface area contributed by atoms with Crippen LogP contribution in [0.25, 0.3) is 0 Å². The third kappa shape index (κ3) is 4.99. The molecule has 1 atom stereocenters. The van der Waals surface area contributed by atoms with E-state index >= 15 is 0 Å². The molecule has 1 fully saturated rings. The van der Waals surface area contributed by atoms with Crippen LogP contribution in [0.1, 0.15) is 71.1 Å². The fourth-order valence-corrected chi connectivity index (χ4v) is 2.56. The smallest absolute Gasteiger partial charge is 0.0540 e. The molecule has 1 saturated carbocycles. The Morgan fingerprint density at radius 1 is 1.07 bits per heavy atom. The third-order valence-corrected chi connectivity index (χ3v) is 3.50. The summed E-state index contributed by atoms with van der Waals surface area (Å²) in [7, 11) is 0. The quantitative estimate of drug-likeness (QED) is 0.664. The molecule has 0 aromatic rings. The largest absolute Gasteiger partial charge is 0.393 e. The number of hydrogen-bond donors (Lipinski definition) is 1. The first kappa shape index (κ1) is 12.0. The summed E-state index contributed by atoms with van der Waals surface area (Å²) in [6.07, 6.45) is 12.9. The van der Waals surface area contributed by atoms with Gasteiger partial charge in [0.2, 0.25) is 0 Å². The van der Waals surface area contributed by atoms with Crippen LogP contribution in [0, 0.1) is 5.92 Å². The topological polar surface area (TPSA) is 20.2 Å². The Morgan fingerprint density at radius 3 is 2.29 bits per heavy atom. The molecule has 0 aliphatic heterocycles. The molecule has 84 valence electrons. The van der Waals surface area contributed by atoms with E-state index in [1.807, 2.05) is 0 Å². The third-order valence-electron chi connectivity index (χ3n) is 3.50. The Hall–Kier alpha value is -0.0400. The maximum Gasteiger partial charge on any atom is 0.0540 e. The molecular weight excluding hydrogens is 172 g/mol. The van der Waals surface area contributed by atoms with Crippen molar-refractivity contribution in [3.63, 3.8) is 0 Å². The zero-order chi connectivity index (χ0) is 10.2. The molecule has 1 nitrogen and oxygen atoms in total. The first-order chi connectivity index (χ1) is 6.83. The van der Waals surface area contributed by atoms with Crippen molar-refractivity contribution in [2.24, 2.45) is 5.92 Å². The molecule has 0 spiro atoms. The molecule has 1 aliphatic carbocycles. The van der Waals surface area contributed by atoms with E-state index in [1.165, 1.54) is 44.9 Å². The van der Waals surface area contributed by atoms with Crippen molar-refractivity contribution >= 4 is 0 Å². The molecule has 0 aromatic heterocycles. The minimum atomic E-state index is -0.0248. The normalized spacial score (nSPS) is 21.9. The molecule has 1 unspecified atom stereocenters. The maximum absolute atomic E-state index is 9.65. The highest BCUT2D eigenvalue weighted by molar-refractivity contribution is 4.66. The van der Waals surface area contributed by atoms with Gasteiger partial charge in [-0.3, -0.25) is 0 Å². The zero-order valence-corrected chi connectivity index (χ0v) is 9.67. The Balaban J connectivity index is 2.09. The van der Waals surface area contributed by atoms with Crippen molar-refractivity contribution in [3.8, 4) is 0 Å². The fraction of sp³-hybridized carbons (Fsp3) is 1.00. The summed E-state index contributed by atoms with van der Waals surface area (Å²) in [4.78, 5) is 0. The van der Waals surface area contributed by atoms with Crippen LogP contribution in [0.4, 0.5) is 0 Å². The molecule has 0 aromatic carbocycles. The van der Waals surface area contributed by atoms with Crippen molar-refractivity contribution in [2.75, 3.05) is 0 Å². The van der Waals surface area contributed by atoms with Gasteiger partial charge in [0.15, 0.2) is 0 Å². The maximum atomic E-state index is 9.65. The highest BCUT2D eigenvalue weighted by Gasteiger charge is 2.13. The van der Waals surface area contributed by atoms with Gasteiger partial charge >= 0.3 is 0 Å². The average Bonchev–Trinajstić information content (AvgIpc) is 2.43. The molecule has 0 radical (unpaired) electrons. The van der Waals surface area contributed by atoms with E-state index in [1.54, 1.807) is 0 Å². The van der Waals surface area contributed by atoms with E-state index in [0.29, 0.717) is 0 Å². The van der Waals surface area contributed by atoms with Crippen molar-refractivity contribution in [1.29, 1.82) is 0 Å². The zero-order valence-electron chi connectivity index (χ0n) is 9.67. The molecular formula is C13H26O. The van der Waals surface area contributed by atoms with Gasteiger partial charge in [-0.25, -0.2) is 0 Å². The lowest BCUT2D eigenvalue weighted by molar-refractivity contribution is 0.142. The van der Waals surface area contributed by atoms with Crippen LogP contribution in [0.2, 0.25) is 0 Å². The van der Waals surface area contributed by atoms with Crippen LogP contribution in [-0.2, 0) is 0 Å². The minimum absolute atomic E-state index is 0.0248. The highest BCUT2D eigenvalue weighted by atomic mass is 16.3. The van der Waals surface area contributed by atoms with Gasteiger partial charge in [-0.05, 0) is 25.2 Å². The van der Waals surface area contributed by atoms with E-state index < -0.39 is 0 Å². The van der Waals surface area contributed by atoms with Gasteiger partial charge in [0.05, 0.1) is 6.10 Å². The van der Waals surface area contributed by atoms with Gasteiger partial charge < -0.3 is 5.11 Å². The molecule has 0 bridgehead atoms. The van der Waals surface area contributed by atoms with E-state index in [0.717, 1.165) is 25.2 Å². The fourth-order valence-electron chi connectivity index (χ4n) is 2.56. The number of hydrogen-bond acceptors (Lipinski definition) is 1. The molecule has 0 amide bonds. The van der Waals surface area contributed by atoms with Crippen LogP contribution in [0.15, 0.2) is 0 Å². The van der Waals surface area contributed by atoms with Crippen molar-refractivity contribution in [1.82, 2.24) is 0 Å². The monoisotopic (exact) mass is 198 g/mol. The summed E-state index contributed by atoms with van der Waals surface area (Å²) < 4.78 is 0. The van der Waals surface area contributed by atoms with Crippen molar-refractivity contribution in [3.05, 3.63) is 0 Å². The minimum Gasteiger partial charge on any atom is -0.393 e. The molecule has 14 heavy (non-hydrogen) atoms. The molecule has 1 aliphatic rings. The number of rotatable bonds is 5. The lowest BCUT2D eigenvalue weighted by atomic mass is 9.93. The second-order valence-corrected chi connectivity index (χ2v) is 4.88. The van der Waals surface area contributed by atoms with Gasteiger partial charge in [-0.1, -0.05) is 51.9 Å². The van der Waals surface area contributed by atoms with Gasteiger partial charge in [-0.2, -0.15) is 0 Å². The van der Waals surface area contributed by atoms with Crippen molar-refractivity contribution < 1.29 is 5.11 Å². The number of aliphatic hydroxyl groups is 1. The van der Waals surface area contributed by atoms with Crippen LogP contribution in [0.3, 0.4) is 0 Å². The summed E-state index contributed by atoms with van der Waals surface area (Å²) >= 11 is 0. The molecule has 0 heterocycles. The highest BCUT2D eigenvalue weighted by Crippen LogP contribution is 2.27. The lowest BCUT2D eigenvalue weighted by Crippen LogP contribution is -2.09. The SMILES string of the molecule is CCCC(O)CCC1CCCCCC1. The average molecular weight is 198 g/mol. The molecule has 1 N–H and O–H groups in total. The van der Waals surface area contributed by atoms with E-state index in [4.69, 9.17) is 0 Å². The number of aliphatic hydroxyl groups excluding tert-OH is 1. The van der Waals surface area contributed by atoms with E-state index in [9.17, 15) is 5.11 Å². The van der Waals surface area contributed by atoms with Gasteiger partial charge in [-0.15, -0.1) is 0 Å². The van der Waals surface area contributed by atoms with Gasteiger partial charge in [0.1, 0.15) is 0 Å². The predicted octanol–water partition coefficient (Wildman–Crippen LogP) is 3.90. The standard InChI is InChI=1S/C13H26O/c1-2-7-13(14)11-10-12-8-5-3-4-6-9-12/h12-14H,2-11H2,1H3. The van der Waals surface area contributed by atoms with Crippen molar-refractivity contribution in [2.45, 2.75) is 77.2 Å². The van der Waals surface area contributed by atoms with Gasteiger partial charge in [0, 0.05) is 0 Å². The second kappa shape index (κ2) is 7.28. The Morgan fingerprint density at radius 2 is 1.71 bits per heavy atom. The summed E-state index contributed by atoms with van der Waals surface area (Å²) in [6, 6.07) is 0. The Kier molecular flexibility index (Phi) is 6.25. The Labute approximate surface area is 88.9 Å².